The van der Waals surface area contributed by atoms with Crippen molar-refractivity contribution in [3.8, 4) is 5.75 Å². The van der Waals surface area contributed by atoms with Gasteiger partial charge in [0.05, 0.1) is 24.8 Å². The zero-order valence-electron chi connectivity index (χ0n) is 15.1. The first-order valence-electron chi connectivity index (χ1n) is 8.42. The minimum Gasteiger partial charge on any atom is -0.492 e. The lowest BCUT2D eigenvalue weighted by Crippen LogP contribution is -2.22. The van der Waals surface area contributed by atoms with Crippen molar-refractivity contribution in [3.05, 3.63) is 64.8 Å². The van der Waals surface area contributed by atoms with E-state index in [-0.39, 0.29) is 24.1 Å². The zero-order valence-corrected chi connectivity index (χ0v) is 15.9. The van der Waals surface area contributed by atoms with Gasteiger partial charge < -0.3 is 14.0 Å². The fraction of sp³-hybridized carbons (Fsp3) is 0.200. The summed E-state index contributed by atoms with van der Waals surface area (Å²) in [7, 11) is 1.20. The molecule has 152 valence electrons. The van der Waals surface area contributed by atoms with Gasteiger partial charge in [-0.15, -0.1) is 0 Å². The molecule has 1 heterocycles. The number of methoxy groups -OCH3 is 1. The van der Waals surface area contributed by atoms with Gasteiger partial charge in [0.2, 0.25) is 0 Å². The maximum absolute atomic E-state index is 13.0. The molecule has 29 heavy (non-hydrogen) atoms. The number of ether oxygens (including phenoxy) is 2. The summed E-state index contributed by atoms with van der Waals surface area (Å²) in [5.74, 6) is -2.06. The van der Waals surface area contributed by atoms with Gasteiger partial charge in [-0.25, -0.2) is 4.79 Å². The average molecular weight is 426 g/mol. The van der Waals surface area contributed by atoms with Crippen LogP contribution in [0.3, 0.4) is 0 Å². The first kappa shape index (κ1) is 20.7. The van der Waals surface area contributed by atoms with Gasteiger partial charge in [0.1, 0.15) is 12.4 Å². The van der Waals surface area contributed by atoms with Crippen LogP contribution in [0.4, 0.5) is 13.2 Å². The molecule has 1 aromatic heterocycles. The molecule has 0 aliphatic rings. The molecule has 0 atom stereocenters. The predicted molar refractivity (Wildman–Crippen MR) is 101 cm³/mol. The number of rotatable bonds is 6. The number of alkyl halides is 3. The lowest BCUT2D eigenvalue weighted by Gasteiger charge is -2.09. The molecular weight excluding hydrogens is 411 g/mol. The minimum absolute atomic E-state index is 0.0893. The highest BCUT2D eigenvalue weighted by Crippen LogP contribution is 2.29. The highest BCUT2D eigenvalue weighted by Gasteiger charge is 2.40. The fourth-order valence-electron chi connectivity index (χ4n) is 2.85. The molecule has 0 aliphatic carbocycles. The van der Waals surface area contributed by atoms with Crippen molar-refractivity contribution in [2.24, 2.45) is 0 Å². The van der Waals surface area contributed by atoms with E-state index in [4.69, 9.17) is 16.3 Å². The Morgan fingerprint density at radius 2 is 1.79 bits per heavy atom. The zero-order chi connectivity index (χ0) is 21.2. The molecule has 0 radical (unpaired) electrons. The first-order chi connectivity index (χ1) is 13.7. The van der Waals surface area contributed by atoms with Gasteiger partial charge in [-0.05, 0) is 36.4 Å². The molecule has 0 fully saturated rings. The summed E-state index contributed by atoms with van der Waals surface area (Å²) in [6.07, 6.45) is -3.90. The summed E-state index contributed by atoms with van der Waals surface area (Å²) in [6.45, 7) is 0.266. The van der Waals surface area contributed by atoms with Crippen LogP contribution in [-0.4, -0.2) is 36.2 Å². The third-order valence-corrected chi connectivity index (χ3v) is 4.47. The van der Waals surface area contributed by atoms with Crippen LogP contribution in [-0.2, 0) is 11.3 Å². The molecule has 3 aromatic rings. The molecule has 0 unspecified atom stereocenters. The highest BCUT2D eigenvalue weighted by atomic mass is 35.5. The largest absolute Gasteiger partial charge is 0.492 e. The van der Waals surface area contributed by atoms with E-state index < -0.39 is 23.5 Å². The minimum atomic E-state index is -5.01. The average Bonchev–Trinajstić information content (AvgIpc) is 3.05. The second-order valence-corrected chi connectivity index (χ2v) is 6.53. The van der Waals surface area contributed by atoms with Crippen LogP contribution in [0, 0.1) is 0 Å². The first-order valence-corrected chi connectivity index (χ1v) is 8.79. The third kappa shape index (κ3) is 4.54. The number of carbonyl (C=O) groups is 2. The summed E-state index contributed by atoms with van der Waals surface area (Å²) in [5, 5.41) is 0.630. The van der Waals surface area contributed by atoms with E-state index in [9.17, 15) is 22.8 Å². The van der Waals surface area contributed by atoms with Gasteiger partial charge in [0.15, 0.2) is 0 Å². The van der Waals surface area contributed by atoms with Crippen molar-refractivity contribution in [2.45, 2.75) is 12.7 Å². The molecule has 0 amide bonds. The SMILES string of the molecule is COC(=O)c1ccc2c(C(=O)C(F)(F)F)cn(CCOc3ccc(Cl)cc3)c2c1. The van der Waals surface area contributed by atoms with Gasteiger partial charge >= 0.3 is 12.1 Å². The number of fused-ring (bicyclic) bond motifs is 1. The number of aromatic nitrogens is 1. The van der Waals surface area contributed by atoms with Crippen molar-refractivity contribution in [1.29, 1.82) is 0 Å². The van der Waals surface area contributed by atoms with Gasteiger partial charge in [-0.1, -0.05) is 17.7 Å². The van der Waals surface area contributed by atoms with Crippen LogP contribution in [0.25, 0.3) is 10.9 Å². The quantitative estimate of drug-likeness (QED) is 0.416. The topological polar surface area (TPSA) is 57.5 Å². The van der Waals surface area contributed by atoms with Crippen LogP contribution in [0.5, 0.6) is 5.75 Å². The third-order valence-electron chi connectivity index (χ3n) is 4.22. The van der Waals surface area contributed by atoms with Gasteiger partial charge in [-0.2, -0.15) is 13.2 Å². The number of Topliss-reactive ketones (excluding diaryl/α,β-unsaturated/α-hetero) is 1. The van der Waals surface area contributed by atoms with Crippen molar-refractivity contribution in [1.82, 2.24) is 4.57 Å². The Balaban J connectivity index is 1.94. The smallest absolute Gasteiger partial charge is 0.454 e. The monoisotopic (exact) mass is 425 g/mol. The maximum atomic E-state index is 13.0. The van der Waals surface area contributed by atoms with E-state index >= 15 is 0 Å². The molecule has 3 rings (SSSR count). The Labute approximate surface area is 168 Å². The molecule has 0 bridgehead atoms. The van der Waals surface area contributed by atoms with E-state index in [2.05, 4.69) is 4.74 Å². The van der Waals surface area contributed by atoms with Gasteiger partial charge in [0, 0.05) is 22.1 Å². The molecule has 0 saturated carbocycles. The number of benzene rings is 2. The molecule has 0 saturated heterocycles. The van der Waals surface area contributed by atoms with E-state index in [0.717, 1.165) is 6.20 Å². The van der Waals surface area contributed by atoms with Crippen LogP contribution in [0.15, 0.2) is 48.7 Å². The predicted octanol–water partition coefficient (Wildman–Crippen LogP) is 4.91. The number of ketones is 1. The van der Waals surface area contributed by atoms with Crippen molar-refractivity contribution < 1.29 is 32.2 Å². The van der Waals surface area contributed by atoms with Crippen molar-refractivity contribution in [2.75, 3.05) is 13.7 Å². The normalized spacial score (nSPS) is 11.5. The molecule has 0 aliphatic heterocycles. The number of nitrogens with zero attached hydrogens (tertiary/aromatic N) is 1. The lowest BCUT2D eigenvalue weighted by atomic mass is 10.1. The molecule has 5 nitrogen and oxygen atoms in total. The van der Waals surface area contributed by atoms with E-state index in [0.29, 0.717) is 16.3 Å². The maximum Gasteiger partial charge on any atom is 0.454 e. The summed E-state index contributed by atoms with van der Waals surface area (Å²) in [6, 6.07) is 10.6. The summed E-state index contributed by atoms with van der Waals surface area (Å²) in [5.41, 5.74) is -0.0420. The van der Waals surface area contributed by atoms with E-state index in [1.165, 1.54) is 29.9 Å². The highest BCUT2D eigenvalue weighted by molar-refractivity contribution is 6.30. The number of hydrogen-bond donors (Lipinski definition) is 0. The molecule has 9 heteroatoms. The standard InChI is InChI=1S/C20H15ClF3NO4/c1-28-19(27)12-2-7-15-16(18(26)20(22,23)24)11-25(17(15)10-12)8-9-29-14-5-3-13(21)4-6-14/h2-7,10-11H,8-9H2,1H3. The Morgan fingerprint density at radius 3 is 2.41 bits per heavy atom. The molecule has 2 aromatic carbocycles. The van der Waals surface area contributed by atoms with E-state index in [1.807, 2.05) is 0 Å². The Kier molecular flexibility index (Phi) is 5.83. The van der Waals surface area contributed by atoms with Crippen molar-refractivity contribution >= 4 is 34.3 Å². The Hall–Kier alpha value is -3.00. The van der Waals surface area contributed by atoms with Crippen LogP contribution < -0.4 is 4.74 Å². The van der Waals surface area contributed by atoms with Gasteiger partial charge in [-0.3, -0.25) is 4.79 Å². The number of halogens is 4. The van der Waals surface area contributed by atoms with Gasteiger partial charge in [0.25, 0.3) is 5.78 Å². The number of hydrogen-bond acceptors (Lipinski definition) is 4. The van der Waals surface area contributed by atoms with Crippen LogP contribution in [0.1, 0.15) is 20.7 Å². The summed E-state index contributed by atoms with van der Waals surface area (Å²) >= 11 is 5.81. The molecule has 0 spiro atoms. The van der Waals surface area contributed by atoms with Crippen molar-refractivity contribution in [3.63, 3.8) is 0 Å². The lowest BCUT2D eigenvalue weighted by molar-refractivity contribution is -0.0884. The van der Waals surface area contributed by atoms with E-state index in [1.54, 1.807) is 24.3 Å². The Bertz CT molecular complexity index is 1060. The fourth-order valence-corrected chi connectivity index (χ4v) is 2.97. The Morgan fingerprint density at radius 1 is 1.10 bits per heavy atom. The summed E-state index contributed by atoms with van der Waals surface area (Å²) in [4.78, 5) is 23.6. The molecule has 0 N–H and O–H groups in total. The van der Waals surface area contributed by atoms with Crippen LogP contribution >= 0.6 is 11.6 Å². The van der Waals surface area contributed by atoms with Crippen LogP contribution in [0.2, 0.25) is 5.02 Å². The second kappa shape index (κ2) is 8.16. The number of esters is 1. The number of carbonyl (C=O) groups excluding carboxylic acids is 2. The molecular formula is C20H15ClF3NO4. The second-order valence-electron chi connectivity index (χ2n) is 6.09. The summed E-state index contributed by atoms with van der Waals surface area (Å²) < 4.78 is 50.6.